The van der Waals surface area contributed by atoms with Crippen molar-refractivity contribution < 1.29 is 9.90 Å². The maximum absolute atomic E-state index is 10.6. The number of primary amides is 1. The number of rotatable bonds is 18. The van der Waals surface area contributed by atoms with E-state index in [1.165, 1.54) is 38.5 Å². The van der Waals surface area contributed by atoms with Gasteiger partial charge in [0.2, 0.25) is 5.91 Å². The van der Waals surface area contributed by atoms with Crippen molar-refractivity contribution >= 4 is 5.91 Å². The van der Waals surface area contributed by atoms with Gasteiger partial charge in [-0.2, -0.15) is 0 Å². The van der Waals surface area contributed by atoms with Crippen LogP contribution in [-0.2, 0) is 4.79 Å². The molecule has 3 nitrogen and oxygen atoms in total. The number of carbonyl (C=O) groups excluding carboxylic acids is 1. The molecule has 1 unspecified atom stereocenters. The average molecular weight is 364 g/mol. The van der Waals surface area contributed by atoms with Gasteiger partial charge < -0.3 is 10.8 Å². The molecule has 0 spiro atoms. The molecule has 0 fully saturated rings. The topological polar surface area (TPSA) is 63.3 Å². The van der Waals surface area contributed by atoms with E-state index in [1.54, 1.807) is 0 Å². The van der Waals surface area contributed by atoms with E-state index in [9.17, 15) is 4.79 Å². The molecular weight excluding hydrogens is 322 g/mol. The number of nitrogens with two attached hydrogens (primary N) is 1. The van der Waals surface area contributed by atoms with Crippen molar-refractivity contribution in [1.82, 2.24) is 0 Å². The first-order chi connectivity index (χ1) is 12.7. The van der Waals surface area contributed by atoms with Crippen LogP contribution in [0.2, 0.25) is 0 Å². The first-order valence-electron chi connectivity index (χ1n) is 10.5. The summed E-state index contributed by atoms with van der Waals surface area (Å²) in [5.41, 5.74) is 5.11. The quantitative estimate of drug-likeness (QED) is 0.237. The monoisotopic (exact) mass is 363 g/mol. The second kappa shape index (κ2) is 20.0. The van der Waals surface area contributed by atoms with E-state index in [0.717, 1.165) is 38.5 Å². The smallest absolute Gasteiger partial charge is 0.217 e. The Morgan fingerprint density at radius 3 is 1.85 bits per heavy atom. The van der Waals surface area contributed by atoms with Crippen LogP contribution < -0.4 is 5.73 Å². The van der Waals surface area contributed by atoms with Gasteiger partial charge in [-0.25, -0.2) is 0 Å². The van der Waals surface area contributed by atoms with Crippen LogP contribution >= 0.6 is 0 Å². The summed E-state index contributed by atoms with van der Waals surface area (Å²) in [7, 11) is 0. The Morgan fingerprint density at radius 2 is 1.31 bits per heavy atom. The lowest BCUT2D eigenvalue weighted by molar-refractivity contribution is -0.118. The average Bonchev–Trinajstić information content (AvgIpc) is 2.63. The maximum atomic E-state index is 10.6. The number of aliphatic hydroxyl groups excluding tert-OH is 1. The molecule has 0 aromatic heterocycles. The van der Waals surface area contributed by atoms with Crippen molar-refractivity contribution in [2.45, 2.75) is 90.4 Å². The number of allylic oxidation sites excluding steroid dienone is 6. The number of hydrogen-bond acceptors (Lipinski definition) is 2. The van der Waals surface area contributed by atoms with Crippen molar-refractivity contribution in [3.05, 3.63) is 36.5 Å². The van der Waals surface area contributed by atoms with Crippen molar-refractivity contribution in [3.63, 3.8) is 0 Å². The number of amides is 1. The van der Waals surface area contributed by atoms with Gasteiger partial charge in [-0.1, -0.05) is 69.1 Å². The number of aliphatic hydroxyl groups is 1. The van der Waals surface area contributed by atoms with Crippen LogP contribution in [0.5, 0.6) is 0 Å². The predicted molar refractivity (Wildman–Crippen MR) is 113 cm³/mol. The summed E-state index contributed by atoms with van der Waals surface area (Å²) in [6.07, 6.45) is 27.6. The first-order valence-corrected chi connectivity index (χ1v) is 10.5. The molecule has 0 saturated heterocycles. The third-order valence-electron chi connectivity index (χ3n) is 4.47. The van der Waals surface area contributed by atoms with E-state index in [4.69, 9.17) is 10.8 Å². The zero-order valence-electron chi connectivity index (χ0n) is 16.9. The molecule has 3 N–H and O–H groups in total. The molecule has 0 bridgehead atoms. The molecule has 150 valence electrons. The van der Waals surface area contributed by atoms with Crippen molar-refractivity contribution in [1.29, 1.82) is 0 Å². The second-order valence-electron chi connectivity index (χ2n) is 7.23. The summed E-state index contributed by atoms with van der Waals surface area (Å²) < 4.78 is 0. The Balaban J connectivity index is 3.32. The highest BCUT2D eigenvalue weighted by molar-refractivity contribution is 5.73. The van der Waals surface area contributed by atoms with Gasteiger partial charge in [-0.15, -0.1) is 0 Å². The van der Waals surface area contributed by atoms with Crippen molar-refractivity contribution in [2.24, 2.45) is 11.7 Å². The minimum absolute atomic E-state index is 0.185. The van der Waals surface area contributed by atoms with Gasteiger partial charge in [0.1, 0.15) is 0 Å². The van der Waals surface area contributed by atoms with Gasteiger partial charge >= 0.3 is 0 Å². The highest BCUT2D eigenvalue weighted by Crippen LogP contribution is 2.10. The Labute approximate surface area is 161 Å². The predicted octanol–water partition coefficient (Wildman–Crippen LogP) is 5.84. The van der Waals surface area contributed by atoms with Crippen molar-refractivity contribution in [2.75, 3.05) is 6.61 Å². The number of carbonyl (C=O) groups is 1. The molecule has 1 atom stereocenters. The van der Waals surface area contributed by atoms with Crippen LogP contribution in [0.15, 0.2) is 36.5 Å². The summed E-state index contributed by atoms with van der Waals surface area (Å²) in [6.45, 7) is 2.43. The van der Waals surface area contributed by atoms with Crippen LogP contribution in [0.4, 0.5) is 0 Å². The largest absolute Gasteiger partial charge is 0.396 e. The Bertz CT molecular complexity index is 399. The van der Waals surface area contributed by atoms with Gasteiger partial charge in [0.25, 0.3) is 0 Å². The first kappa shape index (κ1) is 24.7. The molecule has 0 aliphatic carbocycles. The molecule has 0 aliphatic heterocycles. The zero-order chi connectivity index (χ0) is 19.3. The molecule has 0 aliphatic rings. The SMILES string of the molecule is CC(CO)CCCCC/C=C\C/C=C\C/C=C\CCCCCCC(N)=O. The standard InChI is InChI=1S/C23H41NO2/c1-22(21-25)19-17-15-13-11-9-7-5-3-2-4-6-8-10-12-14-16-18-20-23(24)26/h2-3,6-9,22,25H,4-5,10-21H2,1H3,(H2,24,26)/b3-2-,8-6-,9-7-. The Hall–Kier alpha value is -1.35. The van der Waals surface area contributed by atoms with E-state index in [0.29, 0.717) is 18.9 Å². The minimum Gasteiger partial charge on any atom is -0.396 e. The number of hydrogen-bond donors (Lipinski definition) is 2. The molecule has 0 saturated carbocycles. The van der Waals surface area contributed by atoms with Crippen LogP contribution in [0.25, 0.3) is 0 Å². The van der Waals surface area contributed by atoms with E-state index >= 15 is 0 Å². The summed E-state index contributed by atoms with van der Waals surface area (Å²) >= 11 is 0. The fourth-order valence-corrected chi connectivity index (χ4v) is 2.72. The lowest BCUT2D eigenvalue weighted by Gasteiger charge is -2.05. The zero-order valence-corrected chi connectivity index (χ0v) is 16.9. The Morgan fingerprint density at radius 1 is 0.808 bits per heavy atom. The molecular formula is C23H41NO2. The summed E-state index contributed by atoms with van der Waals surface area (Å²) in [5, 5.41) is 8.96. The van der Waals surface area contributed by atoms with E-state index in [2.05, 4.69) is 43.4 Å². The third kappa shape index (κ3) is 20.7. The maximum Gasteiger partial charge on any atom is 0.217 e. The lowest BCUT2D eigenvalue weighted by Crippen LogP contribution is -2.09. The van der Waals surface area contributed by atoms with Gasteiger partial charge in [-0.3, -0.25) is 4.79 Å². The molecule has 1 amide bonds. The molecule has 26 heavy (non-hydrogen) atoms. The van der Waals surface area contributed by atoms with Crippen LogP contribution in [-0.4, -0.2) is 17.6 Å². The molecule has 0 aromatic carbocycles. The molecule has 0 aromatic rings. The van der Waals surface area contributed by atoms with Crippen LogP contribution in [0.3, 0.4) is 0 Å². The molecule has 0 rings (SSSR count). The van der Waals surface area contributed by atoms with Gasteiger partial charge in [0.15, 0.2) is 0 Å². The second-order valence-corrected chi connectivity index (χ2v) is 7.23. The highest BCUT2D eigenvalue weighted by Gasteiger charge is 1.98. The molecule has 3 heteroatoms. The summed E-state index contributed by atoms with van der Waals surface area (Å²) in [5.74, 6) is 0.272. The van der Waals surface area contributed by atoms with E-state index in [1.807, 2.05) is 0 Å². The molecule has 0 heterocycles. The van der Waals surface area contributed by atoms with E-state index in [-0.39, 0.29) is 5.91 Å². The van der Waals surface area contributed by atoms with Crippen molar-refractivity contribution in [3.8, 4) is 0 Å². The normalized spacial score (nSPS) is 13.3. The lowest BCUT2D eigenvalue weighted by atomic mass is 10.0. The minimum atomic E-state index is -0.185. The van der Waals surface area contributed by atoms with Crippen LogP contribution in [0, 0.1) is 5.92 Å². The Kier molecular flexibility index (Phi) is 18.9. The molecule has 0 radical (unpaired) electrons. The van der Waals surface area contributed by atoms with Gasteiger partial charge in [-0.05, 0) is 57.3 Å². The van der Waals surface area contributed by atoms with Gasteiger partial charge in [0.05, 0.1) is 0 Å². The summed E-state index contributed by atoms with van der Waals surface area (Å²) in [6, 6.07) is 0. The highest BCUT2D eigenvalue weighted by atomic mass is 16.3. The fourth-order valence-electron chi connectivity index (χ4n) is 2.72. The van der Waals surface area contributed by atoms with E-state index < -0.39 is 0 Å². The third-order valence-corrected chi connectivity index (χ3v) is 4.47. The van der Waals surface area contributed by atoms with Gasteiger partial charge in [0, 0.05) is 13.0 Å². The van der Waals surface area contributed by atoms with Crippen LogP contribution in [0.1, 0.15) is 90.4 Å². The fraction of sp³-hybridized carbons (Fsp3) is 0.696. The number of unbranched alkanes of at least 4 members (excludes halogenated alkanes) is 7. The summed E-state index contributed by atoms with van der Waals surface area (Å²) in [4.78, 5) is 10.6.